The van der Waals surface area contributed by atoms with E-state index in [9.17, 15) is 4.79 Å². The third-order valence-corrected chi connectivity index (χ3v) is 4.68. The number of nitrogens with zero attached hydrogens (tertiary/aromatic N) is 6. The molecule has 0 radical (unpaired) electrons. The predicted molar refractivity (Wildman–Crippen MR) is 90.2 cm³/mol. The van der Waals surface area contributed by atoms with Crippen molar-refractivity contribution >= 4 is 6.03 Å². The fourth-order valence-corrected chi connectivity index (χ4v) is 3.18. The number of aryl methyl sites for hydroxylation is 2. The minimum absolute atomic E-state index is 0.0360. The van der Waals surface area contributed by atoms with Gasteiger partial charge in [0.15, 0.2) is 0 Å². The van der Waals surface area contributed by atoms with Crippen molar-refractivity contribution in [3.8, 4) is 0 Å². The first-order valence-electron chi connectivity index (χ1n) is 8.31. The Morgan fingerprint density at radius 2 is 2.17 bits per heavy atom. The van der Waals surface area contributed by atoms with Crippen molar-refractivity contribution in [3.05, 3.63) is 36.2 Å². The predicted octanol–water partition coefficient (Wildman–Crippen LogP) is 0.742. The lowest BCUT2D eigenvalue weighted by Gasteiger charge is -2.40. The highest BCUT2D eigenvalue weighted by molar-refractivity contribution is 5.74. The zero-order chi connectivity index (χ0) is 17.1. The first kappa shape index (κ1) is 16.5. The Morgan fingerprint density at radius 3 is 2.79 bits per heavy atom. The summed E-state index contributed by atoms with van der Waals surface area (Å²) in [6, 6.07) is 2.00. The molecule has 1 atom stereocenters. The summed E-state index contributed by atoms with van der Waals surface area (Å²) in [5.41, 5.74) is 0.983. The van der Waals surface area contributed by atoms with Crippen LogP contribution in [-0.2, 0) is 20.6 Å². The molecule has 8 nitrogen and oxygen atoms in total. The number of carbonyl (C=O) groups is 1. The monoisotopic (exact) mass is 331 g/mol. The fourth-order valence-electron chi connectivity index (χ4n) is 3.18. The molecule has 2 amide bonds. The van der Waals surface area contributed by atoms with E-state index in [0.717, 1.165) is 31.2 Å². The molecular weight excluding hydrogens is 306 g/mol. The van der Waals surface area contributed by atoms with E-state index in [1.807, 2.05) is 42.0 Å². The molecule has 130 valence electrons. The van der Waals surface area contributed by atoms with E-state index in [2.05, 4.69) is 27.2 Å². The molecule has 1 saturated heterocycles. The Balaban J connectivity index is 1.65. The smallest absolute Gasteiger partial charge is 0.317 e. The lowest BCUT2D eigenvalue weighted by Crippen LogP contribution is -2.53. The molecule has 2 aromatic rings. The van der Waals surface area contributed by atoms with Gasteiger partial charge in [-0.05, 0) is 12.6 Å². The van der Waals surface area contributed by atoms with Crippen molar-refractivity contribution in [3.63, 3.8) is 0 Å². The van der Waals surface area contributed by atoms with Gasteiger partial charge in [-0.2, -0.15) is 5.10 Å². The number of hydrogen-bond acceptors (Lipinski definition) is 4. The highest BCUT2D eigenvalue weighted by atomic mass is 16.2. The highest BCUT2D eigenvalue weighted by Crippen LogP contribution is 2.23. The van der Waals surface area contributed by atoms with Crippen LogP contribution >= 0.6 is 0 Å². The number of urea groups is 1. The average Bonchev–Trinajstić information content (AvgIpc) is 3.20. The molecule has 0 saturated carbocycles. The van der Waals surface area contributed by atoms with Crippen LogP contribution in [0.1, 0.15) is 24.5 Å². The van der Waals surface area contributed by atoms with Gasteiger partial charge >= 0.3 is 6.03 Å². The van der Waals surface area contributed by atoms with Crippen molar-refractivity contribution in [1.29, 1.82) is 0 Å². The van der Waals surface area contributed by atoms with Crippen LogP contribution in [0.2, 0.25) is 0 Å². The Bertz CT molecular complexity index is 692. The van der Waals surface area contributed by atoms with Crippen LogP contribution in [-0.4, -0.2) is 61.3 Å². The zero-order valence-corrected chi connectivity index (χ0v) is 14.5. The molecule has 0 spiro atoms. The van der Waals surface area contributed by atoms with E-state index in [1.165, 1.54) is 0 Å². The third kappa shape index (κ3) is 3.28. The maximum atomic E-state index is 12.5. The van der Waals surface area contributed by atoms with Gasteiger partial charge in [-0.3, -0.25) is 9.58 Å². The fraction of sp³-hybridized carbons (Fsp3) is 0.562. The molecule has 1 fully saturated rings. The van der Waals surface area contributed by atoms with Gasteiger partial charge in [-0.1, -0.05) is 6.92 Å². The lowest BCUT2D eigenvalue weighted by atomic mass is 10.1. The molecule has 1 aliphatic heterocycles. The lowest BCUT2D eigenvalue weighted by molar-refractivity contribution is 0.0877. The maximum absolute atomic E-state index is 12.5. The molecule has 0 bridgehead atoms. The van der Waals surface area contributed by atoms with Gasteiger partial charge in [0.2, 0.25) is 0 Å². The van der Waals surface area contributed by atoms with E-state index in [1.54, 1.807) is 10.9 Å². The zero-order valence-electron chi connectivity index (χ0n) is 14.5. The van der Waals surface area contributed by atoms with Crippen molar-refractivity contribution in [2.75, 3.05) is 26.2 Å². The second-order valence-corrected chi connectivity index (χ2v) is 6.09. The van der Waals surface area contributed by atoms with Gasteiger partial charge in [0, 0.05) is 52.3 Å². The van der Waals surface area contributed by atoms with Gasteiger partial charge in [0.05, 0.1) is 18.3 Å². The Hall–Kier alpha value is -2.35. The maximum Gasteiger partial charge on any atom is 0.317 e. The van der Waals surface area contributed by atoms with Crippen molar-refractivity contribution in [2.24, 2.45) is 14.1 Å². The number of aromatic nitrogens is 4. The summed E-state index contributed by atoms with van der Waals surface area (Å²) in [6.07, 6.45) is 5.49. The number of carbonyl (C=O) groups excluding carboxylic acids is 1. The van der Waals surface area contributed by atoms with Crippen molar-refractivity contribution in [2.45, 2.75) is 19.5 Å². The average molecular weight is 331 g/mol. The molecule has 24 heavy (non-hydrogen) atoms. The summed E-state index contributed by atoms with van der Waals surface area (Å²) in [6.45, 7) is 5.81. The second-order valence-electron chi connectivity index (χ2n) is 6.09. The molecule has 0 aromatic carbocycles. The number of piperazine rings is 1. The Kier molecular flexibility index (Phi) is 4.84. The summed E-state index contributed by atoms with van der Waals surface area (Å²) in [5, 5.41) is 7.11. The highest BCUT2D eigenvalue weighted by Gasteiger charge is 2.31. The first-order chi connectivity index (χ1) is 11.6. The molecule has 0 unspecified atom stereocenters. The van der Waals surface area contributed by atoms with Gasteiger partial charge < -0.3 is 14.8 Å². The quantitative estimate of drug-likeness (QED) is 0.897. The topological polar surface area (TPSA) is 71.2 Å². The number of imidazole rings is 1. The van der Waals surface area contributed by atoms with E-state index >= 15 is 0 Å². The minimum Gasteiger partial charge on any atom is -0.337 e. The van der Waals surface area contributed by atoms with Crippen molar-refractivity contribution < 1.29 is 4.79 Å². The van der Waals surface area contributed by atoms with Crippen LogP contribution in [0.5, 0.6) is 0 Å². The number of likely N-dealkylation sites (N-methyl/N-ethyl adjacent to an activating group) is 1. The third-order valence-electron chi connectivity index (χ3n) is 4.68. The van der Waals surface area contributed by atoms with Crippen LogP contribution in [0.3, 0.4) is 0 Å². The summed E-state index contributed by atoms with van der Waals surface area (Å²) in [4.78, 5) is 21.3. The standard InChI is InChI=1S/C16H25N7O/c1-4-22-9-10-23(12-14(22)15-17-7-8-20(15)2)16(24)18-11-13-5-6-19-21(13)3/h5-8,14H,4,9-12H2,1-3H3,(H,18,24)/t14-/m0/s1. The summed E-state index contributed by atoms with van der Waals surface area (Å²) in [7, 11) is 3.87. The Morgan fingerprint density at radius 1 is 1.33 bits per heavy atom. The van der Waals surface area contributed by atoms with Crippen LogP contribution in [0, 0.1) is 0 Å². The molecule has 0 aliphatic carbocycles. The largest absolute Gasteiger partial charge is 0.337 e. The number of amides is 2. The second kappa shape index (κ2) is 7.04. The number of nitrogens with one attached hydrogen (secondary N) is 1. The number of hydrogen-bond donors (Lipinski definition) is 1. The molecule has 3 heterocycles. The number of rotatable bonds is 4. The van der Waals surface area contributed by atoms with Crippen molar-refractivity contribution in [1.82, 2.24) is 34.4 Å². The van der Waals surface area contributed by atoms with Crippen LogP contribution in [0.4, 0.5) is 4.79 Å². The molecule has 8 heteroatoms. The molecule has 1 N–H and O–H groups in total. The van der Waals surface area contributed by atoms with E-state index in [0.29, 0.717) is 13.1 Å². The first-order valence-corrected chi connectivity index (χ1v) is 8.31. The molecular formula is C16H25N7O. The minimum atomic E-state index is -0.0360. The van der Waals surface area contributed by atoms with Gasteiger partial charge in [0.25, 0.3) is 0 Å². The van der Waals surface area contributed by atoms with Gasteiger partial charge in [-0.25, -0.2) is 9.78 Å². The summed E-state index contributed by atoms with van der Waals surface area (Å²) < 4.78 is 3.80. The van der Waals surface area contributed by atoms with E-state index in [-0.39, 0.29) is 12.1 Å². The molecule has 3 rings (SSSR count). The SMILES string of the molecule is CCN1CCN(C(=O)NCc2ccnn2C)C[C@H]1c1nccn1C. The normalized spacial score (nSPS) is 18.8. The Labute approximate surface area is 142 Å². The molecule has 1 aliphatic rings. The van der Waals surface area contributed by atoms with Gasteiger partial charge in [0.1, 0.15) is 5.82 Å². The van der Waals surface area contributed by atoms with Crippen LogP contribution < -0.4 is 5.32 Å². The van der Waals surface area contributed by atoms with Crippen LogP contribution in [0.25, 0.3) is 0 Å². The van der Waals surface area contributed by atoms with Gasteiger partial charge in [-0.15, -0.1) is 0 Å². The summed E-state index contributed by atoms with van der Waals surface area (Å²) in [5.74, 6) is 1.00. The summed E-state index contributed by atoms with van der Waals surface area (Å²) >= 11 is 0. The molecule has 2 aromatic heterocycles. The van der Waals surface area contributed by atoms with E-state index in [4.69, 9.17) is 0 Å². The van der Waals surface area contributed by atoms with Crippen LogP contribution in [0.15, 0.2) is 24.7 Å². The van der Waals surface area contributed by atoms with E-state index < -0.39 is 0 Å².